The molecule has 0 saturated heterocycles. The van der Waals surface area contributed by atoms with Gasteiger partial charge in [-0.3, -0.25) is 9.69 Å². The number of halogens is 1. The monoisotopic (exact) mass is 282 g/mol. The van der Waals surface area contributed by atoms with Gasteiger partial charge < -0.3 is 10.4 Å². The van der Waals surface area contributed by atoms with Gasteiger partial charge in [0.2, 0.25) is 5.91 Å². The summed E-state index contributed by atoms with van der Waals surface area (Å²) in [5.41, 5.74) is 0.880. The zero-order chi connectivity index (χ0) is 14.8. The van der Waals surface area contributed by atoms with Gasteiger partial charge in [-0.1, -0.05) is 12.1 Å². The Bertz CT molecular complexity index is 395. The molecule has 112 valence electrons. The van der Waals surface area contributed by atoms with E-state index in [0.717, 1.165) is 31.4 Å². The summed E-state index contributed by atoms with van der Waals surface area (Å²) in [6.45, 7) is 1.82. The first-order valence-electron chi connectivity index (χ1n) is 6.92. The van der Waals surface area contributed by atoms with Crippen molar-refractivity contribution in [1.29, 1.82) is 0 Å². The van der Waals surface area contributed by atoms with Crippen molar-refractivity contribution in [3.05, 3.63) is 35.6 Å². The summed E-state index contributed by atoms with van der Waals surface area (Å²) in [7, 11) is 1.90. The maximum Gasteiger partial charge on any atom is 0.234 e. The highest BCUT2D eigenvalue weighted by Gasteiger charge is 2.06. The van der Waals surface area contributed by atoms with E-state index >= 15 is 0 Å². The molecule has 1 aromatic carbocycles. The van der Waals surface area contributed by atoms with Gasteiger partial charge in [0.05, 0.1) is 6.54 Å². The van der Waals surface area contributed by atoms with Gasteiger partial charge in [0, 0.05) is 13.2 Å². The zero-order valence-electron chi connectivity index (χ0n) is 11.9. The maximum atomic E-state index is 12.7. The molecule has 0 saturated carbocycles. The fraction of sp³-hybridized carbons (Fsp3) is 0.533. The van der Waals surface area contributed by atoms with E-state index in [9.17, 15) is 9.18 Å². The minimum Gasteiger partial charge on any atom is -0.396 e. The Kier molecular flexibility index (Phi) is 7.84. The van der Waals surface area contributed by atoms with Crippen molar-refractivity contribution in [3.63, 3.8) is 0 Å². The summed E-state index contributed by atoms with van der Waals surface area (Å²) in [6, 6.07) is 6.09. The van der Waals surface area contributed by atoms with Crippen molar-refractivity contribution < 1.29 is 14.3 Å². The van der Waals surface area contributed by atoms with Gasteiger partial charge in [-0.05, 0) is 50.6 Å². The van der Waals surface area contributed by atoms with E-state index in [4.69, 9.17) is 5.11 Å². The van der Waals surface area contributed by atoms with Crippen LogP contribution in [-0.2, 0) is 11.3 Å². The van der Waals surface area contributed by atoms with Crippen LogP contribution in [0.3, 0.4) is 0 Å². The predicted octanol–water partition coefficient (Wildman–Crippen LogP) is 1.54. The number of hydrogen-bond donors (Lipinski definition) is 2. The molecular weight excluding hydrogens is 259 g/mol. The van der Waals surface area contributed by atoms with Crippen LogP contribution >= 0.6 is 0 Å². The van der Waals surface area contributed by atoms with Gasteiger partial charge in [0.1, 0.15) is 5.82 Å². The van der Waals surface area contributed by atoms with Crippen LogP contribution in [0.1, 0.15) is 24.8 Å². The fourth-order valence-corrected chi connectivity index (χ4v) is 1.85. The maximum absolute atomic E-state index is 12.7. The van der Waals surface area contributed by atoms with Crippen LogP contribution < -0.4 is 5.32 Å². The number of nitrogens with zero attached hydrogens (tertiary/aromatic N) is 1. The number of unbranched alkanes of at least 4 members (excludes halogenated alkanes) is 2. The number of rotatable bonds is 9. The molecule has 0 aliphatic rings. The lowest BCUT2D eigenvalue weighted by Gasteiger charge is -2.16. The van der Waals surface area contributed by atoms with Gasteiger partial charge in [-0.15, -0.1) is 0 Å². The molecule has 0 fully saturated rings. The minimum absolute atomic E-state index is 0.0426. The largest absolute Gasteiger partial charge is 0.396 e. The molecule has 1 amide bonds. The molecule has 0 heterocycles. The van der Waals surface area contributed by atoms with E-state index in [0.29, 0.717) is 13.1 Å². The highest BCUT2D eigenvalue weighted by atomic mass is 19.1. The van der Waals surface area contributed by atoms with E-state index < -0.39 is 0 Å². The van der Waals surface area contributed by atoms with E-state index in [1.54, 1.807) is 12.1 Å². The molecule has 2 N–H and O–H groups in total. The summed E-state index contributed by atoms with van der Waals surface area (Å²) in [5, 5.41) is 11.5. The highest BCUT2D eigenvalue weighted by molar-refractivity contribution is 5.77. The summed E-state index contributed by atoms with van der Waals surface area (Å²) in [6.07, 6.45) is 2.75. The first-order chi connectivity index (χ1) is 9.61. The van der Waals surface area contributed by atoms with Gasteiger partial charge in [-0.25, -0.2) is 4.39 Å². The summed E-state index contributed by atoms with van der Waals surface area (Å²) in [5.74, 6) is -0.318. The number of hydrogen-bond acceptors (Lipinski definition) is 3. The zero-order valence-corrected chi connectivity index (χ0v) is 11.9. The second-order valence-electron chi connectivity index (χ2n) is 4.93. The van der Waals surface area contributed by atoms with Crippen molar-refractivity contribution >= 4 is 5.91 Å². The third-order valence-electron chi connectivity index (χ3n) is 3.01. The lowest BCUT2D eigenvalue weighted by molar-refractivity contribution is -0.122. The molecule has 1 rings (SSSR count). The number of likely N-dealkylation sites (N-methyl/N-ethyl adjacent to an activating group) is 1. The SMILES string of the molecule is CN(CCCCCO)CC(=O)NCc1ccc(F)cc1. The molecule has 0 unspecified atom stereocenters. The second kappa shape index (κ2) is 9.44. The van der Waals surface area contributed by atoms with Crippen molar-refractivity contribution in [1.82, 2.24) is 10.2 Å². The molecule has 1 aromatic rings. The number of nitrogens with one attached hydrogen (secondary N) is 1. The van der Waals surface area contributed by atoms with Crippen molar-refractivity contribution in [2.45, 2.75) is 25.8 Å². The Morgan fingerprint density at radius 1 is 1.25 bits per heavy atom. The minimum atomic E-state index is -0.275. The van der Waals surface area contributed by atoms with E-state index in [-0.39, 0.29) is 18.3 Å². The average molecular weight is 282 g/mol. The predicted molar refractivity (Wildman–Crippen MR) is 76.7 cm³/mol. The third-order valence-corrected chi connectivity index (χ3v) is 3.01. The van der Waals surface area contributed by atoms with Crippen LogP contribution in [0.2, 0.25) is 0 Å². The number of amides is 1. The molecule has 0 atom stereocenters. The molecule has 0 radical (unpaired) electrons. The van der Waals surface area contributed by atoms with Gasteiger partial charge in [0.25, 0.3) is 0 Å². The first kappa shape index (κ1) is 16.6. The average Bonchev–Trinajstić information content (AvgIpc) is 2.43. The van der Waals surface area contributed by atoms with Gasteiger partial charge in [0.15, 0.2) is 0 Å². The molecule has 0 bridgehead atoms. The summed E-state index contributed by atoms with van der Waals surface area (Å²) >= 11 is 0. The Balaban J connectivity index is 2.17. The topological polar surface area (TPSA) is 52.6 Å². The number of carbonyl (C=O) groups is 1. The standard InChI is InChI=1S/C15H23FN2O2/c1-18(9-3-2-4-10-19)12-15(20)17-11-13-5-7-14(16)8-6-13/h5-8,19H,2-4,9-12H2,1H3,(H,17,20). The normalized spacial score (nSPS) is 10.8. The molecular formula is C15H23FN2O2. The summed E-state index contributed by atoms with van der Waals surface area (Å²) in [4.78, 5) is 13.7. The molecule has 20 heavy (non-hydrogen) atoms. The van der Waals surface area contributed by atoms with E-state index in [2.05, 4.69) is 5.32 Å². The Morgan fingerprint density at radius 2 is 1.95 bits per heavy atom. The van der Waals surface area contributed by atoms with Gasteiger partial charge in [-0.2, -0.15) is 0 Å². The Labute approximate surface area is 119 Å². The smallest absolute Gasteiger partial charge is 0.234 e. The Morgan fingerprint density at radius 3 is 2.60 bits per heavy atom. The first-order valence-corrected chi connectivity index (χ1v) is 6.92. The Hall–Kier alpha value is -1.46. The van der Waals surface area contributed by atoms with Crippen molar-refractivity contribution in [2.24, 2.45) is 0 Å². The van der Waals surface area contributed by atoms with Crippen LogP contribution in [0.15, 0.2) is 24.3 Å². The molecule has 0 aliphatic carbocycles. The molecule has 0 spiro atoms. The van der Waals surface area contributed by atoms with Crippen molar-refractivity contribution in [3.8, 4) is 0 Å². The number of aliphatic hydroxyl groups excluding tert-OH is 1. The molecule has 0 aromatic heterocycles. The fourth-order valence-electron chi connectivity index (χ4n) is 1.85. The second-order valence-corrected chi connectivity index (χ2v) is 4.93. The van der Waals surface area contributed by atoms with Crippen LogP contribution in [0.5, 0.6) is 0 Å². The number of aliphatic hydroxyl groups is 1. The van der Waals surface area contributed by atoms with Crippen LogP contribution in [0, 0.1) is 5.82 Å². The van der Waals surface area contributed by atoms with Crippen molar-refractivity contribution in [2.75, 3.05) is 26.7 Å². The lowest BCUT2D eigenvalue weighted by Crippen LogP contribution is -2.35. The number of benzene rings is 1. The summed E-state index contributed by atoms with van der Waals surface area (Å²) < 4.78 is 12.7. The van der Waals surface area contributed by atoms with Crippen LogP contribution in [-0.4, -0.2) is 42.7 Å². The van der Waals surface area contributed by atoms with Crippen LogP contribution in [0.4, 0.5) is 4.39 Å². The molecule has 5 heteroatoms. The highest BCUT2D eigenvalue weighted by Crippen LogP contribution is 2.02. The molecule has 0 aliphatic heterocycles. The lowest BCUT2D eigenvalue weighted by atomic mass is 10.2. The third kappa shape index (κ3) is 7.21. The quantitative estimate of drug-likeness (QED) is 0.676. The number of carbonyl (C=O) groups excluding carboxylic acids is 1. The van der Waals surface area contributed by atoms with E-state index in [1.807, 2.05) is 11.9 Å². The van der Waals surface area contributed by atoms with E-state index in [1.165, 1.54) is 12.1 Å². The molecule has 4 nitrogen and oxygen atoms in total. The van der Waals surface area contributed by atoms with Gasteiger partial charge >= 0.3 is 0 Å². The van der Waals surface area contributed by atoms with Crippen LogP contribution in [0.25, 0.3) is 0 Å².